The van der Waals surface area contributed by atoms with E-state index in [4.69, 9.17) is 34.4 Å². The van der Waals surface area contributed by atoms with Gasteiger partial charge < -0.3 is 34.0 Å². The molecule has 0 bridgehead atoms. The van der Waals surface area contributed by atoms with Crippen LogP contribution in [0, 0.1) is 0 Å². The van der Waals surface area contributed by atoms with E-state index in [0.717, 1.165) is 10.5 Å². The molecule has 0 aliphatic carbocycles. The number of hydrogen-bond acceptors (Lipinski definition) is 10. The Morgan fingerprint density at radius 3 is 2.20 bits per heavy atom. The van der Waals surface area contributed by atoms with Crippen LogP contribution in [-0.4, -0.2) is 55.1 Å². The molecule has 35 heavy (non-hydrogen) atoms. The highest BCUT2D eigenvalue weighted by atomic mass is 32.2. The quantitative estimate of drug-likeness (QED) is 0.346. The molecule has 0 atom stereocenters. The predicted octanol–water partition coefficient (Wildman–Crippen LogP) is 3.85. The number of nitrogen functional groups attached to an aromatic ring is 1. The smallest absolute Gasteiger partial charge is 0.203 e. The summed E-state index contributed by atoms with van der Waals surface area (Å²) in [6.45, 7) is 0.570. The summed E-state index contributed by atoms with van der Waals surface area (Å²) in [5, 5.41) is 0.700. The molecule has 4 aromatic rings. The number of nitrogens with two attached hydrogens (primary N) is 1. The Kier molecular flexibility index (Phi) is 7.35. The van der Waals surface area contributed by atoms with Gasteiger partial charge >= 0.3 is 0 Å². The van der Waals surface area contributed by atoms with Crippen LogP contribution in [0.15, 0.2) is 46.7 Å². The maximum Gasteiger partial charge on any atom is 0.203 e. The minimum Gasteiger partial charge on any atom is -0.497 e. The number of hydrogen-bond donors (Lipinski definition) is 1. The molecule has 0 saturated heterocycles. The van der Waals surface area contributed by atoms with Crippen LogP contribution in [0.4, 0.5) is 5.82 Å². The number of methoxy groups -OCH3 is 5. The van der Waals surface area contributed by atoms with E-state index >= 15 is 0 Å². The SMILES string of the molecule is COc1ccc(OC)c(Sc2nc3c(N)ncnc3n2CCc2cc(OC)c(OC)c(OC)c2)c1. The van der Waals surface area contributed by atoms with Crippen LogP contribution in [0.3, 0.4) is 0 Å². The van der Waals surface area contributed by atoms with Crippen LogP contribution in [0.1, 0.15) is 5.56 Å². The molecule has 0 aliphatic heterocycles. The molecule has 0 amide bonds. The monoisotopic (exact) mass is 497 g/mol. The molecular formula is C24H27N5O5S. The van der Waals surface area contributed by atoms with Crippen molar-refractivity contribution < 1.29 is 23.7 Å². The van der Waals surface area contributed by atoms with Gasteiger partial charge in [0, 0.05) is 6.54 Å². The summed E-state index contributed by atoms with van der Waals surface area (Å²) in [6.07, 6.45) is 2.09. The zero-order valence-corrected chi connectivity index (χ0v) is 21.0. The molecule has 11 heteroatoms. The summed E-state index contributed by atoms with van der Waals surface area (Å²) in [4.78, 5) is 14.2. The summed E-state index contributed by atoms with van der Waals surface area (Å²) in [6, 6.07) is 9.48. The predicted molar refractivity (Wildman–Crippen MR) is 133 cm³/mol. The third-order valence-corrected chi connectivity index (χ3v) is 6.48. The zero-order valence-electron chi connectivity index (χ0n) is 20.2. The molecule has 4 rings (SSSR count). The third kappa shape index (κ3) is 4.85. The number of fused-ring (bicyclic) bond motifs is 1. The molecule has 2 aromatic carbocycles. The van der Waals surface area contributed by atoms with Gasteiger partial charge in [0.25, 0.3) is 0 Å². The molecule has 2 heterocycles. The van der Waals surface area contributed by atoms with E-state index in [1.165, 1.54) is 18.1 Å². The van der Waals surface area contributed by atoms with Crippen molar-refractivity contribution in [3.05, 3.63) is 42.2 Å². The first kappa shape index (κ1) is 24.3. The van der Waals surface area contributed by atoms with Gasteiger partial charge in [-0.3, -0.25) is 0 Å². The third-order valence-electron chi connectivity index (χ3n) is 5.45. The highest BCUT2D eigenvalue weighted by Gasteiger charge is 2.19. The number of anilines is 1. The number of rotatable bonds is 10. The Hall–Kier alpha value is -3.86. The van der Waals surface area contributed by atoms with Crippen LogP contribution < -0.4 is 29.4 Å². The second-order valence-electron chi connectivity index (χ2n) is 7.38. The Balaban J connectivity index is 1.73. The van der Waals surface area contributed by atoms with Crippen molar-refractivity contribution in [2.24, 2.45) is 0 Å². The number of nitrogens with zero attached hydrogens (tertiary/aromatic N) is 4. The lowest BCUT2D eigenvalue weighted by Crippen LogP contribution is -2.05. The van der Waals surface area contributed by atoms with Crippen molar-refractivity contribution in [1.82, 2.24) is 19.5 Å². The first-order chi connectivity index (χ1) is 17.0. The summed E-state index contributed by atoms with van der Waals surface area (Å²) in [5.74, 6) is 3.49. The minimum absolute atomic E-state index is 0.320. The standard InChI is InChI=1S/C24H27N5O5S/c1-30-15-6-7-16(31-2)19(12-15)35-24-28-20-22(25)26-13-27-23(20)29(24)9-8-14-10-17(32-3)21(34-5)18(11-14)33-4/h6-7,10-13H,8-9H2,1-5H3,(H2,25,26,27). The topological polar surface area (TPSA) is 116 Å². The van der Waals surface area contributed by atoms with E-state index in [1.54, 1.807) is 35.5 Å². The van der Waals surface area contributed by atoms with Gasteiger partial charge in [-0.1, -0.05) is 0 Å². The van der Waals surface area contributed by atoms with Crippen LogP contribution in [0.25, 0.3) is 11.2 Å². The Morgan fingerprint density at radius 2 is 1.57 bits per heavy atom. The summed E-state index contributed by atoms with van der Waals surface area (Å²) in [7, 11) is 8.03. The van der Waals surface area contributed by atoms with Gasteiger partial charge in [-0.15, -0.1) is 0 Å². The van der Waals surface area contributed by atoms with Crippen molar-refractivity contribution in [3.8, 4) is 28.7 Å². The highest BCUT2D eigenvalue weighted by molar-refractivity contribution is 7.99. The van der Waals surface area contributed by atoms with E-state index in [9.17, 15) is 0 Å². The van der Waals surface area contributed by atoms with Gasteiger partial charge in [-0.2, -0.15) is 0 Å². The van der Waals surface area contributed by atoms with E-state index in [1.807, 2.05) is 34.9 Å². The number of aryl methyl sites for hydroxylation is 2. The van der Waals surface area contributed by atoms with E-state index in [0.29, 0.717) is 63.9 Å². The van der Waals surface area contributed by atoms with Crippen molar-refractivity contribution in [2.45, 2.75) is 23.0 Å². The van der Waals surface area contributed by atoms with E-state index < -0.39 is 0 Å². The molecule has 2 aromatic heterocycles. The first-order valence-corrected chi connectivity index (χ1v) is 11.5. The van der Waals surface area contributed by atoms with Crippen LogP contribution in [0.2, 0.25) is 0 Å². The maximum absolute atomic E-state index is 6.12. The Morgan fingerprint density at radius 1 is 0.857 bits per heavy atom. The Labute approximate surface area is 207 Å². The first-order valence-electron chi connectivity index (χ1n) is 10.7. The molecule has 2 N–H and O–H groups in total. The number of imidazole rings is 1. The lowest BCUT2D eigenvalue weighted by Gasteiger charge is -2.15. The van der Waals surface area contributed by atoms with Gasteiger partial charge in [0.2, 0.25) is 5.75 Å². The lowest BCUT2D eigenvalue weighted by atomic mass is 10.1. The average Bonchev–Trinajstić information content (AvgIpc) is 3.24. The molecular weight excluding hydrogens is 470 g/mol. The Bertz CT molecular complexity index is 1320. The van der Waals surface area contributed by atoms with Crippen molar-refractivity contribution >= 4 is 28.7 Å². The molecule has 0 unspecified atom stereocenters. The van der Waals surface area contributed by atoms with Gasteiger partial charge in [0.1, 0.15) is 17.8 Å². The molecule has 0 aliphatic rings. The molecule has 10 nitrogen and oxygen atoms in total. The van der Waals surface area contributed by atoms with E-state index in [-0.39, 0.29) is 0 Å². The fourth-order valence-corrected chi connectivity index (χ4v) is 4.74. The van der Waals surface area contributed by atoms with Gasteiger partial charge in [0.05, 0.1) is 40.4 Å². The summed E-state index contributed by atoms with van der Waals surface area (Å²) in [5.41, 5.74) is 8.31. The second kappa shape index (κ2) is 10.6. The summed E-state index contributed by atoms with van der Waals surface area (Å²) < 4.78 is 29.4. The largest absolute Gasteiger partial charge is 0.497 e. The fourth-order valence-electron chi connectivity index (χ4n) is 3.70. The maximum atomic E-state index is 6.12. The molecule has 0 fully saturated rings. The molecule has 0 spiro atoms. The van der Waals surface area contributed by atoms with Gasteiger partial charge in [-0.25, -0.2) is 15.0 Å². The summed E-state index contributed by atoms with van der Waals surface area (Å²) >= 11 is 1.44. The fraction of sp³-hybridized carbons (Fsp3) is 0.292. The molecule has 0 radical (unpaired) electrons. The number of benzene rings is 2. The van der Waals surface area contributed by atoms with Gasteiger partial charge in [-0.05, 0) is 54.1 Å². The van der Waals surface area contributed by atoms with Crippen molar-refractivity contribution in [1.29, 1.82) is 0 Å². The van der Waals surface area contributed by atoms with Gasteiger partial charge in [0.15, 0.2) is 33.6 Å². The highest BCUT2D eigenvalue weighted by Crippen LogP contribution is 2.40. The molecule has 184 valence electrons. The zero-order chi connectivity index (χ0) is 24.9. The number of aromatic nitrogens is 4. The van der Waals surface area contributed by atoms with E-state index in [2.05, 4.69) is 9.97 Å². The molecule has 0 saturated carbocycles. The van der Waals surface area contributed by atoms with Crippen molar-refractivity contribution in [3.63, 3.8) is 0 Å². The number of ether oxygens (including phenoxy) is 5. The van der Waals surface area contributed by atoms with Crippen LogP contribution >= 0.6 is 11.8 Å². The normalized spacial score (nSPS) is 10.9. The average molecular weight is 498 g/mol. The second-order valence-corrected chi connectivity index (χ2v) is 8.39. The van der Waals surface area contributed by atoms with Crippen LogP contribution in [-0.2, 0) is 13.0 Å². The van der Waals surface area contributed by atoms with Crippen LogP contribution in [0.5, 0.6) is 28.7 Å². The van der Waals surface area contributed by atoms with Crippen molar-refractivity contribution in [2.75, 3.05) is 41.3 Å². The minimum atomic E-state index is 0.320. The lowest BCUT2D eigenvalue weighted by molar-refractivity contribution is 0.323.